The van der Waals surface area contributed by atoms with Gasteiger partial charge in [-0.05, 0) is 17.8 Å². The Balaban J connectivity index is 2.82. The van der Waals surface area contributed by atoms with E-state index in [0.29, 0.717) is 5.92 Å². The summed E-state index contributed by atoms with van der Waals surface area (Å²) < 4.78 is 0. The summed E-state index contributed by atoms with van der Waals surface area (Å²) in [6, 6.07) is 2.44. The Hall–Kier alpha value is -0.510. The first kappa shape index (κ1) is 7.60. The Morgan fingerprint density at radius 3 is 1.90 bits per heavy atom. The fourth-order valence-electron chi connectivity index (χ4n) is 1.79. The highest BCUT2D eigenvalue weighted by Gasteiger charge is 2.59. The molecular weight excluding hydrogens is 122 g/mol. The van der Waals surface area contributed by atoms with Gasteiger partial charge in [0.1, 0.15) is 0 Å². The van der Waals surface area contributed by atoms with Gasteiger partial charge in [0.15, 0.2) is 0 Å². The molecule has 0 aromatic rings. The zero-order valence-corrected chi connectivity index (χ0v) is 7.23. The Morgan fingerprint density at radius 1 is 1.50 bits per heavy atom. The maximum Gasteiger partial charge on any atom is 0.0698 e. The van der Waals surface area contributed by atoms with Crippen molar-refractivity contribution in [2.75, 3.05) is 0 Å². The quantitative estimate of drug-likeness (QED) is 0.503. The van der Waals surface area contributed by atoms with Gasteiger partial charge in [0, 0.05) is 0 Å². The van der Waals surface area contributed by atoms with E-state index in [-0.39, 0.29) is 10.8 Å². The molecule has 0 N–H and O–H groups in total. The lowest BCUT2D eigenvalue weighted by Gasteiger charge is -2.25. The fraction of sp³-hybridized carbons (Fsp3) is 0.889. The number of hydrogen-bond acceptors (Lipinski definition) is 1. The number of hydrogen-bond donors (Lipinski definition) is 0. The van der Waals surface area contributed by atoms with Crippen LogP contribution in [0.4, 0.5) is 0 Å². The van der Waals surface area contributed by atoms with Crippen LogP contribution in [0.25, 0.3) is 0 Å². The van der Waals surface area contributed by atoms with Crippen molar-refractivity contribution in [3.05, 3.63) is 0 Å². The third-order valence-corrected chi connectivity index (χ3v) is 2.85. The SMILES string of the molecule is CC1CC1(C#N)C(C)(C)C. The fourth-order valence-corrected chi connectivity index (χ4v) is 1.79. The van der Waals surface area contributed by atoms with Crippen molar-refractivity contribution in [2.24, 2.45) is 16.7 Å². The predicted molar refractivity (Wildman–Crippen MR) is 41.3 cm³/mol. The van der Waals surface area contributed by atoms with Gasteiger partial charge >= 0.3 is 0 Å². The molecule has 1 rings (SSSR count). The average molecular weight is 137 g/mol. The van der Waals surface area contributed by atoms with Crippen LogP contribution in [0, 0.1) is 28.1 Å². The van der Waals surface area contributed by atoms with Crippen molar-refractivity contribution in [3.63, 3.8) is 0 Å². The maximum atomic E-state index is 8.91. The summed E-state index contributed by atoms with van der Waals surface area (Å²) in [5, 5.41) is 8.91. The van der Waals surface area contributed by atoms with Gasteiger partial charge in [-0.2, -0.15) is 5.26 Å². The van der Waals surface area contributed by atoms with Gasteiger partial charge in [-0.1, -0.05) is 27.7 Å². The van der Waals surface area contributed by atoms with E-state index in [1.807, 2.05) is 0 Å². The molecule has 1 fully saturated rings. The van der Waals surface area contributed by atoms with Crippen LogP contribution in [0.3, 0.4) is 0 Å². The molecule has 0 amide bonds. The molecule has 0 bridgehead atoms. The molecule has 56 valence electrons. The standard InChI is InChI=1S/C9H15N/c1-7-5-9(7,6-10)8(2,3)4/h7H,5H2,1-4H3. The van der Waals surface area contributed by atoms with Crippen LogP contribution in [0.2, 0.25) is 0 Å². The molecule has 10 heavy (non-hydrogen) atoms. The van der Waals surface area contributed by atoms with E-state index in [1.54, 1.807) is 0 Å². The van der Waals surface area contributed by atoms with Crippen molar-refractivity contribution < 1.29 is 0 Å². The van der Waals surface area contributed by atoms with E-state index < -0.39 is 0 Å². The highest BCUT2D eigenvalue weighted by Crippen LogP contribution is 2.62. The molecule has 0 heterocycles. The lowest BCUT2D eigenvalue weighted by Crippen LogP contribution is -2.21. The molecule has 2 unspecified atom stereocenters. The third-order valence-electron chi connectivity index (χ3n) is 2.85. The van der Waals surface area contributed by atoms with E-state index in [4.69, 9.17) is 5.26 Å². The number of rotatable bonds is 0. The second kappa shape index (κ2) is 1.75. The largest absolute Gasteiger partial charge is 0.198 e. The maximum absolute atomic E-state index is 8.91. The predicted octanol–water partition coefficient (Wildman–Crippen LogP) is 2.58. The first-order chi connectivity index (χ1) is 4.44. The normalized spacial score (nSPS) is 38.9. The molecule has 1 saturated carbocycles. The van der Waals surface area contributed by atoms with Crippen LogP contribution in [0.1, 0.15) is 34.1 Å². The molecule has 0 aromatic carbocycles. The Labute approximate surface area is 63.0 Å². The second-order valence-electron chi connectivity index (χ2n) is 4.44. The topological polar surface area (TPSA) is 23.8 Å². The van der Waals surface area contributed by atoms with Crippen molar-refractivity contribution in [1.29, 1.82) is 5.26 Å². The minimum Gasteiger partial charge on any atom is -0.198 e. The molecule has 0 aliphatic heterocycles. The monoisotopic (exact) mass is 137 g/mol. The van der Waals surface area contributed by atoms with Crippen LogP contribution in [0.15, 0.2) is 0 Å². The van der Waals surface area contributed by atoms with Gasteiger partial charge < -0.3 is 0 Å². The van der Waals surface area contributed by atoms with Gasteiger partial charge in [0.05, 0.1) is 11.5 Å². The van der Waals surface area contributed by atoms with Crippen LogP contribution < -0.4 is 0 Å². The van der Waals surface area contributed by atoms with Crippen LogP contribution in [-0.4, -0.2) is 0 Å². The molecule has 1 nitrogen and oxygen atoms in total. The van der Waals surface area contributed by atoms with E-state index >= 15 is 0 Å². The smallest absolute Gasteiger partial charge is 0.0698 e. The highest BCUT2D eigenvalue weighted by atomic mass is 14.6. The van der Waals surface area contributed by atoms with Gasteiger partial charge in [-0.15, -0.1) is 0 Å². The molecular formula is C9H15N. The Bertz CT molecular complexity index is 182. The lowest BCUT2D eigenvalue weighted by atomic mass is 9.77. The first-order valence-corrected chi connectivity index (χ1v) is 3.85. The average Bonchev–Trinajstić information content (AvgIpc) is 2.40. The molecule has 2 atom stereocenters. The highest BCUT2D eigenvalue weighted by molar-refractivity contribution is 5.19. The lowest BCUT2D eigenvalue weighted by molar-refractivity contribution is 0.260. The molecule has 1 heteroatoms. The van der Waals surface area contributed by atoms with Gasteiger partial charge in [-0.3, -0.25) is 0 Å². The molecule has 0 radical (unpaired) electrons. The van der Waals surface area contributed by atoms with Crippen LogP contribution in [0.5, 0.6) is 0 Å². The number of nitriles is 1. The van der Waals surface area contributed by atoms with Crippen LogP contribution >= 0.6 is 0 Å². The van der Waals surface area contributed by atoms with E-state index in [2.05, 4.69) is 33.8 Å². The summed E-state index contributed by atoms with van der Waals surface area (Å²) in [4.78, 5) is 0. The zero-order valence-electron chi connectivity index (χ0n) is 7.23. The number of nitrogens with zero attached hydrogens (tertiary/aromatic N) is 1. The minimum atomic E-state index is -0.00694. The third kappa shape index (κ3) is 0.751. The van der Waals surface area contributed by atoms with E-state index in [9.17, 15) is 0 Å². The Morgan fingerprint density at radius 2 is 1.90 bits per heavy atom. The minimum absolute atomic E-state index is 0.00694. The summed E-state index contributed by atoms with van der Waals surface area (Å²) in [5.74, 6) is 0.609. The van der Waals surface area contributed by atoms with Crippen molar-refractivity contribution in [3.8, 4) is 6.07 Å². The molecule has 0 saturated heterocycles. The molecule has 1 aliphatic rings. The zero-order chi connectivity index (χ0) is 7.99. The molecule has 0 aromatic heterocycles. The van der Waals surface area contributed by atoms with Crippen molar-refractivity contribution in [2.45, 2.75) is 34.1 Å². The summed E-state index contributed by atoms with van der Waals surface area (Å²) in [7, 11) is 0. The summed E-state index contributed by atoms with van der Waals surface area (Å²) in [6.45, 7) is 8.62. The van der Waals surface area contributed by atoms with E-state index in [0.717, 1.165) is 6.42 Å². The van der Waals surface area contributed by atoms with Crippen molar-refractivity contribution >= 4 is 0 Å². The molecule has 1 aliphatic carbocycles. The molecule has 0 spiro atoms. The van der Waals surface area contributed by atoms with Crippen LogP contribution in [-0.2, 0) is 0 Å². The Kier molecular flexibility index (Phi) is 1.33. The van der Waals surface area contributed by atoms with E-state index in [1.165, 1.54) is 0 Å². The van der Waals surface area contributed by atoms with Gasteiger partial charge in [-0.25, -0.2) is 0 Å². The summed E-state index contributed by atoms with van der Waals surface area (Å²) in [5.41, 5.74) is 0.161. The van der Waals surface area contributed by atoms with Gasteiger partial charge in [0.2, 0.25) is 0 Å². The van der Waals surface area contributed by atoms with Crippen molar-refractivity contribution in [1.82, 2.24) is 0 Å². The second-order valence-corrected chi connectivity index (χ2v) is 4.44. The van der Waals surface area contributed by atoms with Gasteiger partial charge in [0.25, 0.3) is 0 Å². The summed E-state index contributed by atoms with van der Waals surface area (Å²) in [6.07, 6.45) is 1.09. The summed E-state index contributed by atoms with van der Waals surface area (Å²) >= 11 is 0. The first-order valence-electron chi connectivity index (χ1n) is 3.85.